The Hall–Kier alpha value is -3.43. The van der Waals surface area contributed by atoms with Crippen molar-refractivity contribution in [2.75, 3.05) is 50.0 Å². The molecule has 0 radical (unpaired) electrons. The van der Waals surface area contributed by atoms with E-state index in [4.69, 9.17) is 10.5 Å². The van der Waals surface area contributed by atoms with E-state index in [-0.39, 0.29) is 62.7 Å². The van der Waals surface area contributed by atoms with Gasteiger partial charge in [-0.05, 0) is 44.5 Å². The Bertz CT molecular complexity index is 1770. The first-order valence-electron chi connectivity index (χ1n) is 14.4. The van der Waals surface area contributed by atoms with Crippen LogP contribution in [-0.4, -0.2) is 76.9 Å². The van der Waals surface area contributed by atoms with Gasteiger partial charge in [0, 0.05) is 55.2 Å². The normalized spacial score (nSPS) is 24.5. The molecule has 0 aliphatic carbocycles. The van der Waals surface area contributed by atoms with E-state index < -0.39 is 40.6 Å². The molecule has 4 aromatic rings. The van der Waals surface area contributed by atoms with E-state index in [0.717, 1.165) is 42.5 Å². The van der Waals surface area contributed by atoms with Gasteiger partial charge in [0.1, 0.15) is 29.9 Å². The number of halogens is 6. The number of anilines is 2. The number of hydrogen-bond acceptors (Lipinski definition) is 9. The van der Waals surface area contributed by atoms with Crippen LogP contribution in [0, 0.1) is 11.6 Å². The van der Waals surface area contributed by atoms with Gasteiger partial charge in [0.2, 0.25) is 0 Å². The number of ether oxygens (including phenoxy) is 1. The summed E-state index contributed by atoms with van der Waals surface area (Å²) in [4.78, 5) is 16.7. The van der Waals surface area contributed by atoms with Crippen LogP contribution in [0.25, 0.3) is 32.2 Å². The minimum Gasteiger partial charge on any atom is -0.461 e. The number of nitrogens with one attached hydrogen (secondary N) is 1. The molecule has 44 heavy (non-hydrogen) atoms. The largest absolute Gasteiger partial charge is 0.461 e. The monoisotopic (exact) mass is 637 g/mol. The fourth-order valence-corrected chi connectivity index (χ4v) is 7.72. The van der Waals surface area contributed by atoms with Crippen LogP contribution in [0.15, 0.2) is 18.2 Å². The molecule has 3 fully saturated rings. The molecule has 3 aliphatic heterocycles. The van der Waals surface area contributed by atoms with Gasteiger partial charge in [-0.3, -0.25) is 4.90 Å². The molecule has 234 valence electrons. The summed E-state index contributed by atoms with van der Waals surface area (Å²) in [5.41, 5.74) is 2.31. The SMILES string of the molecule is C[C@@H]1CNCCN1c1nc(OC[C@@]23CCCN2C[C@@H](F)C3)nc2c(F)c(-c3ccc(F)c4sc(N)nc34)c(C(F)(F)F)cc12. The van der Waals surface area contributed by atoms with Crippen molar-refractivity contribution < 1.29 is 31.1 Å². The molecule has 2 aromatic heterocycles. The fourth-order valence-electron chi connectivity index (χ4n) is 6.96. The summed E-state index contributed by atoms with van der Waals surface area (Å²) in [6.45, 7) is 4.44. The Labute approximate surface area is 252 Å². The van der Waals surface area contributed by atoms with Crippen molar-refractivity contribution in [3.63, 3.8) is 0 Å². The number of piperazine rings is 1. The van der Waals surface area contributed by atoms with Crippen molar-refractivity contribution in [2.45, 2.75) is 50.1 Å². The average Bonchev–Trinajstić information content (AvgIpc) is 3.64. The highest BCUT2D eigenvalue weighted by Crippen LogP contribution is 2.46. The molecule has 0 spiro atoms. The van der Waals surface area contributed by atoms with E-state index in [0.29, 0.717) is 32.6 Å². The molecule has 7 rings (SSSR count). The summed E-state index contributed by atoms with van der Waals surface area (Å²) in [6.07, 6.45) is -4.11. The second kappa shape index (κ2) is 10.6. The summed E-state index contributed by atoms with van der Waals surface area (Å²) >= 11 is 0.759. The molecule has 3 saturated heterocycles. The number of nitrogens with zero attached hydrogens (tertiary/aromatic N) is 5. The maximum Gasteiger partial charge on any atom is 0.417 e. The number of fused-ring (bicyclic) bond motifs is 3. The van der Waals surface area contributed by atoms with E-state index in [1.807, 2.05) is 11.8 Å². The minimum atomic E-state index is -5.00. The zero-order valence-corrected chi connectivity index (χ0v) is 24.5. The number of hydrogen-bond donors (Lipinski definition) is 2. The highest BCUT2D eigenvalue weighted by molar-refractivity contribution is 7.22. The van der Waals surface area contributed by atoms with E-state index in [9.17, 15) is 22.0 Å². The van der Waals surface area contributed by atoms with E-state index in [1.54, 1.807) is 4.90 Å². The highest BCUT2D eigenvalue weighted by atomic mass is 32.1. The Balaban J connectivity index is 1.44. The third-order valence-electron chi connectivity index (χ3n) is 8.98. The number of thiazole rings is 1. The summed E-state index contributed by atoms with van der Waals surface area (Å²) in [5.74, 6) is -1.90. The first-order valence-corrected chi connectivity index (χ1v) is 15.2. The molecule has 0 saturated carbocycles. The van der Waals surface area contributed by atoms with Gasteiger partial charge in [0.05, 0.1) is 21.3 Å². The average molecular weight is 638 g/mol. The van der Waals surface area contributed by atoms with Gasteiger partial charge in [-0.2, -0.15) is 23.1 Å². The maximum absolute atomic E-state index is 16.7. The fraction of sp³-hybridized carbons (Fsp3) is 0.483. The first kappa shape index (κ1) is 29.3. The molecule has 3 aliphatic rings. The summed E-state index contributed by atoms with van der Waals surface area (Å²) in [7, 11) is 0. The smallest absolute Gasteiger partial charge is 0.417 e. The summed E-state index contributed by atoms with van der Waals surface area (Å²) in [5, 5.41) is 3.02. The third kappa shape index (κ3) is 4.79. The van der Waals surface area contributed by atoms with Crippen molar-refractivity contribution in [1.29, 1.82) is 0 Å². The molecule has 3 atom stereocenters. The van der Waals surface area contributed by atoms with Crippen LogP contribution < -0.4 is 20.7 Å². The molecule has 15 heteroatoms. The molecule has 3 N–H and O–H groups in total. The Morgan fingerprint density at radius 2 is 1.98 bits per heavy atom. The summed E-state index contributed by atoms with van der Waals surface area (Å²) in [6, 6.07) is 2.47. The molecule has 0 amide bonds. The highest BCUT2D eigenvalue weighted by Gasteiger charge is 2.49. The van der Waals surface area contributed by atoms with Crippen LogP contribution in [0.5, 0.6) is 6.01 Å². The Kier molecular flexibility index (Phi) is 7.05. The third-order valence-corrected chi connectivity index (χ3v) is 9.87. The van der Waals surface area contributed by atoms with Gasteiger partial charge >= 0.3 is 12.2 Å². The van der Waals surface area contributed by atoms with Crippen molar-refractivity contribution in [3.8, 4) is 17.1 Å². The van der Waals surface area contributed by atoms with Crippen LogP contribution in [-0.2, 0) is 6.18 Å². The number of benzene rings is 2. The van der Waals surface area contributed by atoms with Crippen LogP contribution in [0.3, 0.4) is 0 Å². The van der Waals surface area contributed by atoms with E-state index in [2.05, 4.69) is 20.3 Å². The molecule has 0 unspecified atom stereocenters. The first-order chi connectivity index (χ1) is 20.9. The number of nitrogen functional groups attached to an aromatic ring is 1. The molecular weight excluding hydrogens is 608 g/mol. The van der Waals surface area contributed by atoms with Gasteiger partial charge in [-0.1, -0.05) is 11.3 Å². The predicted molar refractivity (Wildman–Crippen MR) is 156 cm³/mol. The van der Waals surface area contributed by atoms with Gasteiger partial charge < -0.3 is 20.7 Å². The van der Waals surface area contributed by atoms with Gasteiger partial charge in [0.15, 0.2) is 10.9 Å². The number of rotatable bonds is 5. The zero-order chi connectivity index (χ0) is 31.0. The topological polar surface area (TPSA) is 92.4 Å². The van der Waals surface area contributed by atoms with Crippen molar-refractivity contribution in [3.05, 3.63) is 35.4 Å². The van der Waals surface area contributed by atoms with Crippen LogP contribution >= 0.6 is 11.3 Å². The van der Waals surface area contributed by atoms with E-state index >= 15 is 4.39 Å². The zero-order valence-electron chi connectivity index (χ0n) is 23.6. The number of alkyl halides is 4. The number of aromatic nitrogens is 3. The minimum absolute atomic E-state index is 0.0568. The second-order valence-electron chi connectivity index (χ2n) is 11.8. The lowest BCUT2D eigenvalue weighted by Crippen LogP contribution is -2.50. The second-order valence-corrected chi connectivity index (χ2v) is 12.8. The molecular formula is C29H29F6N7OS. The Morgan fingerprint density at radius 3 is 2.75 bits per heavy atom. The van der Waals surface area contributed by atoms with Crippen LogP contribution in [0.4, 0.5) is 37.3 Å². The predicted octanol–water partition coefficient (Wildman–Crippen LogP) is 5.54. The van der Waals surface area contributed by atoms with Crippen LogP contribution in [0.2, 0.25) is 0 Å². The standard InChI is InChI=1S/C29H29F6N7OS/c1-14-11-37-6-8-42(14)25-17-9-18(29(33,34)35)20(16-3-4-19(31)24-23(16)38-26(36)44-24)21(32)22(17)39-27(40-25)43-13-28-5-2-7-41(28)12-15(30)10-28/h3-4,9,14-15,37H,2,5-8,10-13H2,1H3,(H2,36,38)/t14-,15+,28+/m1/s1. The lowest BCUT2D eigenvalue weighted by Gasteiger charge is -2.36. The molecule has 0 bridgehead atoms. The lowest BCUT2D eigenvalue weighted by molar-refractivity contribution is -0.137. The van der Waals surface area contributed by atoms with E-state index in [1.165, 1.54) is 0 Å². The lowest BCUT2D eigenvalue weighted by atomic mass is 9.94. The summed E-state index contributed by atoms with van der Waals surface area (Å²) < 4.78 is 95.8. The quantitative estimate of drug-likeness (QED) is 0.276. The van der Waals surface area contributed by atoms with Crippen LogP contribution in [0.1, 0.15) is 31.7 Å². The van der Waals surface area contributed by atoms with Crippen molar-refractivity contribution in [1.82, 2.24) is 25.2 Å². The number of nitrogens with two attached hydrogens (primary N) is 1. The van der Waals surface area contributed by atoms with Crippen molar-refractivity contribution in [2.24, 2.45) is 0 Å². The molecule has 5 heterocycles. The molecule has 8 nitrogen and oxygen atoms in total. The Morgan fingerprint density at radius 1 is 1.16 bits per heavy atom. The van der Waals surface area contributed by atoms with Gasteiger partial charge in [0.25, 0.3) is 0 Å². The molecule has 2 aromatic carbocycles. The van der Waals surface area contributed by atoms with Gasteiger partial charge in [-0.25, -0.2) is 18.2 Å². The maximum atomic E-state index is 16.7. The van der Waals surface area contributed by atoms with Gasteiger partial charge in [-0.15, -0.1) is 0 Å². The van der Waals surface area contributed by atoms with Crippen molar-refractivity contribution >= 4 is 43.4 Å².